The lowest BCUT2D eigenvalue weighted by molar-refractivity contribution is 0.282. The Balaban J connectivity index is 2.28. The number of methoxy groups -OCH3 is 1. The van der Waals surface area contributed by atoms with Crippen LogP contribution in [0.5, 0.6) is 5.75 Å². The van der Waals surface area contributed by atoms with Gasteiger partial charge in [0, 0.05) is 11.1 Å². The number of benzene rings is 1. The lowest BCUT2D eigenvalue weighted by Crippen LogP contribution is -2.16. The van der Waals surface area contributed by atoms with Crippen molar-refractivity contribution in [1.82, 2.24) is 0 Å². The molecule has 0 amide bonds. The summed E-state index contributed by atoms with van der Waals surface area (Å²) in [4.78, 5) is 4.70. The van der Waals surface area contributed by atoms with Crippen molar-refractivity contribution >= 4 is 5.90 Å². The van der Waals surface area contributed by atoms with Gasteiger partial charge >= 0.3 is 0 Å². The van der Waals surface area contributed by atoms with E-state index < -0.39 is 0 Å². The van der Waals surface area contributed by atoms with Gasteiger partial charge in [0.2, 0.25) is 5.90 Å². The van der Waals surface area contributed by atoms with Gasteiger partial charge in [0.15, 0.2) is 0 Å². The molecule has 98 valence electrons. The molecule has 0 saturated heterocycles. The lowest BCUT2D eigenvalue weighted by Gasteiger charge is -2.11. The van der Waals surface area contributed by atoms with Gasteiger partial charge in [-0.3, -0.25) is 0 Å². The highest BCUT2D eigenvalue weighted by Crippen LogP contribution is 2.25. The summed E-state index contributed by atoms with van der Waals surface area (Å²) in [5.74, 6) is 2.20. The molecule has 0 bridgehead atoms. The third kappa shape index (κ3) is 2.35. The summed E-state index contributed by atoms with van der Waals surface area (Å²) in [6.45, 7) is 7.14. The Morgan fingerprint density at radius 2 is 2.28 bits per heavy atom. The molecule has 0 aliphatic carbocycles. The molecule has 3 nitrogen and oxygen atoms in total. The van der Waals surface area contributed by atoms with Crippen LogP contribution in [-0.2, 0) is 4.74 Å². The summed E-state index contributed by atoms with van der Waals surface area (Å²) in [5, 5.41) is 0. The van der Waals surface area contributed by atoms with Gasteiger partial charge in [0.05, 0.1) is 13.2 Å². The Labute approximate surface area is 109 Å². The van der Waals surface area contributed by atoms with E-state index in [9.17, 15) is 0 Å². The van der Waals surface area contributed by atoms with Gasteiger partial charge in [0.25, 0.3) is 0 Å². The van der Waals surface area contributed by atoms with Gasteiger partial charge in [-0.2, -0.15) is 0 Å². The Bertz CT molecular complexity index is 454. The highest BCUT2D eigenvalue weighted by molar-refractivity contribution is 5.97. The van der Waals surface area contributed by atoms with Gasteiger partial charge in [-0.1, -0.05) is 26.3 Å². The number of hydrogen-bond acceptors (Lipinski definition) is 3. The highest BCUT2D eigenvalue weighted by atomic mass is 16.5. The van der Waals surface area contributed by atoms with Gasteiger partial charge < -0.3 is 9.47 Å². The van der Waals surface area contributed by atoms with E-state index in [1.54, 1.807) is 7.11 Å². The van der Waals surface area contributed by atoms with Crippen LogP contribution in [0.2, 0.25) is 0 Å². The summed E-state index contributed by atoms with van der Waals surface area (Å²) in [6.07, 6.45) is 1.13. The number of ether oxygens (including phenoxy) is 2. The van der Waals surface area contributed by atoms with Crippen molar-refractivity contribution in [3.63, 3.8) is 0 Å². The van der Waals surface area contributed by atoms with Gasteiger partial charge in [-0.15, -0.1) is 0 Å². The second-order valence-electron chi connectivity index (χ2n) is 4.83. The lowest BCUT2D eigenvalue weighted by atomic mass is 10.0. The Hall–Kier alpha value is -1.51. The standard InChI is InChI=1S/C15H21NO2/c1-5-10(2)13-9-18-15(16-13)12-7-6-8-14(17-4)11(12)3/h6-8,10,13H,5,9H2,1-4H3/t10-,13+/m1/s1. The summed E-state index contributed by atoms with van der Waals surface area (Å²) < 4.78 is 11.1. The highest BCUT2D eigenvalue weighted by Gasteiger charge is 2.25. The molecule has 3 heteroatoms. The molecule has 0 spiro atoms. The number of nitrogens with zero attached hydrogens (tertiary/aromatic N) is 1. The first-order valence-corrected chi connectivity index (χ1v) is 6.52. The zero-order chi connectivity index (χ0) is 13.1. The van der Waals surface area contributed by atoms with Crippen molar-refractivity contribution in [2.75, 3.05) is 13.7 Å². The summed E-state index contributed by atoms with van der Waals surface area (Å²) in [5.41, 5.74) is 2.13. The SMILES string of the molecule is CC[C@@H](C)[C@@H]1COC(c2cccc(OC)c2C)=N1. The second-order valence-corrected chi connectivity index (χ2v) is 4.83. The average molecular weight is 247 g/mol. The molecule has 0 fully saturated rings. The number of rotatable bonds is 4. The fraction of sp³-hybridized carbons (Fsp3) is 0.533. The quantitative estimate of drug-likeness (QED) is 0.818. The van der Waals surface area contributed by atoms with Crippen molar-refractivity contribution in [3.8, 4) is 5.75 Å². The van der Waals surface area contributed by atoms with Crippen LogP contribution >= 0.6 is 0 Å². The predicted molar refractivity (Wildman–Crippen MR) is 73.5 cm³/mol. The molecule has 1 aromatic carbocycles. The van der Waals surface area contributed by atoms with Crippen molar-refractivity contribution in [3.05, 3.63) is 29.3 Å². The molecule has 18 heavy (non-hydrogen) atoms. The monoisotopic (exact) mass is 247 g/mol. The van der Waals surface area contributed by atoms with Crippen LogP contribution in [0.4, 0.5) is 0 Å². The number of hydrogen-bond donors (Lipinski definition) is 0. The van der Waals surface area contributed by atoms with E-state index in [-0.39, 0.29) is 6.04 Å². The van der Waals surface area contributed by atoms with E-state index in [1.165, 1.54) is 0 Å². The average Bonchev–Trinajstić information content (AvgIpc) is 2.87. The van der Waals surface area contributed by atoms with E-state index >= 15 is 0 Å². The van der Waals surface area contributed by atoms with Crippen LogP contribution in [0.15, 0.2) is 23.2 Å². The summed E-state index contributed by atoms with van der Waals surface area (Å²) in [7, 11) is 1.69. The third-order valence-electron chi connectivity index (χ3n) is 3.71. The summed E-state index contributed by atoms with van der Waals surface area (Å²) >= 11 is 0. The van der Waals surface area contributed by atoms with Gasteiger partial charge in [-0.25, -0.2) is 4.99 Å². The molecule has 1 aliphatic heterocycles. The minimum atomic E-state index is 0.288. The van der Waals surface area contributed by atoms with Crippen LogP contribution < -0.4 is 4.74 Å². The van der Waals surface area contributed by atoms with E-state index in [0.29, 0.717) is 12.5 Å². The first-order chi connectivity index (χ1) is 8.67. The molecular formula is C15H21NO2. The summed E-state index contributed by atoms with van der Waals surface area (Å²) in [6, 6.07) is 6.26. The van der Waals surface area contributed by atoms with Crippen molar-refractivity contribution in [2.24, 2.45) is 10.9 Å². The minimum absolute atomic E-state index is 0.288. The van der Waals surface area contributed by atoms with Crippen LogP contribution in [0.1, 0.15) is 31.4 Å². The number of aliphatic imine (C=N–C) groups is 1. The first kappa shape index (κ1) is 12.9. The largest absolute Gasteiger partial charge is 0.496 e. The maximum Gasteiger partial charge on any atom is 0.216 e. The topological polar surface area (TPSA) is 30.8 Å². The molecule has 0 radical (unpaired) electrons. The minimum Gasteiger partial charge on any atom is -0.496 e. The molecule has 1 aromatic rings. The third-order valence-corrected chi connectivity index (χ3v) is 3.71. The van der Waals surface area contributed by atoms with Gasteiger partial charge in [-0.05, 0) is 25.0 Å². The van der Waals surface area contributed by atoms with E-state index in [4.69, 9.17) is 14.5 Å². The molecule has 0 aromatic heterocycles. The molecule has 2 rings (SSSR count). The van der Waals surface area contributed by atoms with E-state index in [1.807, 2.05) is 25.1 Å². The maximum atomic E-state index is 5.75. The van der Waals surface area contributed by atoms with Crippen LogP contribution in [0.3, 0.4) is 0 Å². The maximum absolute atomic E-state index is 5.75. The zero-order valence-electron chi connectivity index (χ0n) is 11.6. The van der Waals surface area contributed by atoms with Crippen LogP contribution in [0, 0.1) is 12.8 Å². The Morgan fingerprint density at radius 3 is 2.94 bits per heavy atom. The molecule has 2 atom stereocenters. The van der Waals surface area contributed by atoms with E-state index in [2.05, 4.69) is 13.8 Å². The normalized spacial score (nSPS) is 20.2. The zero-order valence-corrected chi connectivity index (χ0v) is 11.6. The van der Waals surface area contributed by atoms with Crippen LogP contribution in [-0.4, -0.2) is 25.7 Å². The van der Waals surface area contributed by atoms with Gasteiger partial charge in [0.1, 0.15) is 12.4 Å². The van der Waals surface area contributed by atoms with Crippen LogP contribution in [0.25, 0.3) is 0 Å². The Kier molecular flexibility index (Phi) is 3.90. The molecule has 0 unspecified atom stereocenters. The smallest absolute Gasteiger partial charge is 0.216 e. The van der Waals surface area contributed by atoms with Crippen molar-refractivity contribution in [1.29, 1.82) is 0 Å². The molecular weight excluding hydrogens is 226 g/mol. The molecule has 0 N–H and O–H groups in total. The van der Waals surface area contributed by atoms with E-state index in [0.717, 1.165) is 29.2 Å². The first-order valence-electron chi connectivity index (χ1n) is 6.52. The fourth-order valence-corrected chi connectivity index (χ4v) is 2.17. The van der Waals surface area contributed by atoms with Crippen molar-refractivity contribution < 1.29 is 9.47 Å². The van der Waals surface area contributed by atoms with Crippen molar-refractivity contribution in [2.45, 2.75) is 33.2 Å². The molecule has 0 saturated carbocycles. The molecule has 1 heterocycles. The Morgan fingerprint density at radius 1 is 1.50 bits per heavy atom. The second kappa shape index (κ2) is 5.42. The molecule has 1 aliphatic rings. The predicted octanol–water partition coefficient (Wildman–Crippen LogP) is 3.20. The fourth-order valence-electron chi connectivity index (χ4n) is 2.17.